The molecule has 1 heterocycles. The van der Waals surface area contributed by atoms with Gasteiger partial charge in [-0.15, -0.1) is 11.3 Å². The summed E-state index contributed by atoms with van der Waals surface area (Å²) in [6.45, 7) is 4.25. The lowest BCUT2D eigenvalue weighted by Gasteiger charge is -2.02. The molecule has 0 aliphatic rings. The molecule has 1 rings (SSSR count). The van der Waals surface area contributed by atoms with Gasteiger partial charge in [-0.3, -0.25) is 9.59 Å². The Bertz CT molecular complexity index is 365. The van der Waals surface area contributed by atoms with E-state index >= 15 is 0 Å². The van der Waals surface area contributed by atoms with Gasteiger partial charge in [0.15, 0.2) is 0 Å². The van der Waals surface area contributed by atoms with Gasteiger partial charge in [0.2, 0.25) is 5.91 Å². The number of aromatic nitrogens is 1. The number of carbonyl (C=O) groups is 2. The molecule has 3 N–H and O–H groups in total. The van der Waals surface area contributed by atoms with Crippen LogP contribution in [0.25, 0.3) is 0 Å². The molecule has 17 heavy (non-hydrogen) atoms. The van der Waals surface area contributed by atoms with Crippen LogP contribution in [0.1, 0.15) is 26.0 Å². The Morgan fingerprint density at radius 3 is 2.71 bits per heavy atom. The van der Waals surface area contributed by atoms with Crippen LogP contribution in [0, 0.1) is 0 Å². The number of nitrogens with zero attached hydrogens (tertiary/aromatic N) is 1. The fraction of sp³-hybridized carbons (Fsp3) is 0.500. The topological polar surface area (TPSA) is 94.3 Å². The first-order chi connectivity index (χ1) is 8.17. The molecule has 0 aromatic carbocycles. The van der Waals surface area contributed by atoms with Crippen molar-refractivity contribution >= 4 is 28.2 Å². The summed E-state index contributed by atoms with van der Waals surface area (Å²) in [6, 6.07) is 0. The van der Waals surface area contributed by atoms with Gasteiger partial charge in [0, 0.05) is 6.54 Å². The average Bonchev–Trinajstić information content (AvgIpc) is 2.78. The normalized spacial score (nSPS) is 8.94. The molecule has 0 saturated heterocycles. The molecule has 0 atom stereocenters. The van der Waals surface area contributed by atoms with Crippen LogP contribution >= 0.6 is 11.3 Å². The first-order valence-corrected chi connectivity index (χ1v) is 6.04. The van der Waals surface area contributed by atoms with Gasteiger partial charge in [-0.05, 0) is 0 Å². The number of amides is 1. The van der Waals surface area contributed by atoms with Crippen molar-refractivity contribution in [3.63, 3.8) is 0 Å². The molecule has 0 saturated carbocycles. The maximum Gasteiger partial charge on any atom is 0.315 e. The standard InChI is InChI=1S/C8H11N3O3S.C2H6/c1-14-7(13)2-6(12)11-8-5(3-9)10-4-15-8;1-2/h4H,2-3,9H2,1H3,(H,11,12);1-2H3. The molecule has 0 bridgehead atoms. The highest BCUT2D eigenvalue weighted by Crippen LogP contribution is 2.19. The van der Waals surface area contributed by atoms with Gasteiger partial charge in [-0.2, -0.15) is 0 Å². The largest absolute Gasteiger partial charge is 0.469 e. The van der Waals surface area contributed by atoms with E-state index in [-0.39, 0.29) is 13.0 Å². The van der Waals surface area contributed by atoms with E-state index in [2.05, 4.69) is 15.0 Å². The van der Waals surface area contributed by atoms with Crippen LogP contribution < -0.4 is 11.1 Å². The number of anilines is 1. The van der Waals surface area contributed by atoms with Crippen molar-refractivity contribution in [2.45, 2.75) is 26.8 Å². The van der Waals surface area contributed by atoms with Gasteiger partial charge >= 0.3 is 5.97 Å². The van der Waals surface area contributed by atoms with Crippen molar-refractivity contribution in [2.75, 3.05) is 12.4 Å². The number of rotatable bonds is 4. The number of ether oxygens (including phenoxy) is 1. The summed E-state index contributed by atoms with van der Waals surface area (Å²) >= 11 is 1.26. The predicted molar refractivity (Wildman–Crippen MR) is 66.6 cm³/mol. The van der Waals surface area contributed by atoms with Gasteiger partial charge in [-0.1, -0.05) is 13.8 Å². The fourth-order valence-electron chi connectivity index (χ4n) is 0.890. The number of methoxy groups -OCH3 is 1. The number of hydrogen-bond acceptors (Lipinski definition) is 6. The Morgan fingerprint density at radius 2 is 2.18 bits per heavy atom. The van der Waals surface area contributed by atoms with E-state index in [0.29, 0.717) is 10.7 Å². The quantitative estimate of drug-likeness (QED) is 0.624. The molecule has 1 aromatic heterocycles. The molecular formula is C10H17N3O3S. The number of esters is 1. The zero-order valence-corrected chi connectivity index (χ0v) is 11.0. The third-order valence-electron chi connectivity index (χ3n) is 1.62. The van der Waals surface area contributed by atoms with E-state index in [0.717, 1.165) is 0 Å². The summed E-state index contributed by atoms with van der Waals surface area (Å²) in [5, 5.41) is 3.12. The Hall–Kier alpha value is -1.47. The van der Waals surface area contributed by atoms with Crippen LogP contribution in [0.5, 0.6) is 0 Å². The number of carbonyl (C=O) groups excluding carboxylic acids is 2. The van der Waals surface area contributed by atoms with E-state index in [1.54, 1.807) is 5.51 Å². The molecule has 0 aliphatic heterocycles. The molecule has 1 amide bonds. The summed E-state index contributed by atoms with van der Waals surface area (Å²) in [7, 11) is 1.23. The highest BCUT2D eigenvalue weighted by molar-refractivity contribution is 7.14. The van der Waals surface area contributed by atoms with Crippen molar-refractivity contribution in [1.82, 2.24) is 4.98 Å². The zero-order chi connectivity index (χ0) is 13.3. The summed E-state index contributed by atoms with van der Waals surface area (Å²) in [5.41, 5.74) is 7.59. The van der Waals surface area contributed by atoms with E-state index < -0.39 is 11.9 Å². The highest BCUT2D eigenvalue weighted by Gasteiger charge is 2.12. The number of nitrogens with one attached hydrogen (secondary N) is 1. The second-order valence-electron chi connectivity index (χ2n) is 2.63. The van der Waals surface area contributed by atoms with Crippen LogP contribution in [0.3, 0.4) is 0 Å². The molecule has 0 fully saturated rings. The molecule has 0 unspecified atom stereocenters. The number of nitrogens with two attached hydrogens (primary N) is 1. The van der Waals surface area contributed by atoms with Crippen molar-refractivity contribution in [3.8, 4) is 0 Å². The minimum atomic E-state index is -0.577. The van der Waals surface area contributed by atoms with Crippen molar-refractivity contribution in [3.05, 3.63) is 11.2 Å². The SMILES string of the molecule is CC.COC(=O)CC(=O)Nc1scnc1CN. The van der Waals surface area contributed by atoms with Gasteiger partial charge in [0.1, 0.15) is 11.4 Å². The van der Waals surface area contributed by atoms with E-state index in [4.69, 9.17) is 5.73 Å². The Labute approximate surface area is 104 Å². The maximum absolute atomic E-state index is 11.3. The predicted octanol–water partition coefficient (Wildman–Crippen LogP) is 1.13. The van der Waals surface area contributed by atoms with Crippen molar-refractivity contribution < 1.29 is 14.3 Å². The molecule has 0 spiro atoms. The molecule has 1 aromatic rings. The summed E-state index contributed by atoms with van der Waals surface area (Å²) in [4.78, 5) is 26.0. The molecule has 0 aliphatic carbocycles. The van der Waals surface area contributed by atoms with Crippen LogP contribution in [0.15, 0.2) is 5.51 Å². The van der Waals surface area contributed by atoms with E-state index in [9.17, 15) is 9.59 Å². The monoisotopic (exact) mass is 259 g/mol. The van der Waals surface area contributed by atoms with Crippen molar-refractivity contribution in [2.24, 2.45) is 5.73 Å². The lowest BCUT2D eigenvalue weighted by molar-refractivity contribution is -0.142. The zero-order valence-electron chi connectivity index (χ0n) is 10.1. The molecule has 6 nitrogen and oxygen atoms in total. The van der Waals surface area contributed by atoms with Crippen LogP contribution in [-0.2, 0) is 20.9 Å². The fourth-order valence-corrected chi connectivity index (χ4v) is 1.62. The maximum atomic E-state index is 11.3. The van der Waals surface area contributed by atoms with Gasteiger partial charge in [0.05, 0.1) is 18.3 Å². The number of thiazole rings is 1. The van der Waals surface area contributed by atoms with E-state index in [1.165, 1.54) is 18.4 Å². The summed E-state index contributed by atoms with van der Waals surface area (Å²) < 4.78 is 4.36. The average molecular weight is 259 g/mol. The minimum absolute atomic E-state index is 0.247. The second-order valence-corrected chi connectivity index (χ2v) is 3.49. The molecular weight excluding hydrogens is 242 g/mol. The lowest BCUT2D eigenvalue weighted by Crippen LogP contribution is -2.17. The molecule has 96 valence electrons. The van der Waals surface area contributed by atoms with Crippen molar-refractivity contribution in [1.29, 1.82) is 0 Å². The van der Waals surface area contributed by atoms with Crippen LogP contribution in [0.2, 0.25) is 0 Å². The Morgan fingerprint density at radius 1 is 1.53 bits per heavy atom. The summed E-state index contributed by atoms with van der Waals surface area (Å²) in [6.07, 6.45) is -0.307. The smallest absolute Gasteiger partial charge is 0.315 e. The Kier molecular flexibility index (Phi) is 7.91. The van der Waals surface area contributed by atoms with Gasteiger partial charge < -0.3 is 15.8 Å². The van der Waals surface area contributed by atoms with Crippen LogP contribution in [-0.4, -0.2) is 24.0 Å². The van der Waals surface area contributed by atoms with Gasteiger partial charge in [-0.25, -0.2) is 4.98 Å². The van der Waals surface area contributed by atoms with Gasteiger partial charge in [0.25, 0.3) is 0 Å². The Balaban J connectivity index is 0.00000121. The lowest BCUT2D eigenvalue weighted by atomic mass is 10.4. The second kappa shape index (κ2) is 8.66. The molecule has 0 radical (unpaired) electrons. The number of hydrogen-bond donors (Lipinski definition) is 2. The first kappa shape index (κ1) is 15.5. The van der Waals surface area contributed by atoms with E-state index in [1.807, 2.05) is 13.8 Å². The third kappa shape index (κ3) is 5.41. The summed E-state index contributed by atoms with van der Waals surface area (Å²) in [5.74, 6) is -1.01. The molecule has 7 heteroatoms. The third-order valence-corrected chi connectivity index (χ3v) is 2.40. The first-order valence-electron chi connectivity index (χ1n) is 5.16. The highest BCUT2D eigenvalue weighted by atomic mass is 32.1. The minimum Gasteiger partial charge on any atom is -0.469 e. The van der Waals surface area contributed by atoms with Crippen LogP contribution in [0.4, 0.5) is 5.00 Å².